The standard InChI is InChI=1S/C20H17ClN4O2/c1-13-23-19-18(11-22-25(19)16-7-5-15(21)6-8-16)20(26)24(13)12-14-3-9-17(27-2)10-4-14/h3-11H,12H2,1-2H3. The third-order valence-corrected chi connectivity index (χ3v) is 4.70. The van der Waals surface area contributed by atoms with Gasteiger partial charge in [-0.3, -0.25) is 9.36 Å². The van der Waals surface area contributed by atoms with E-state index in [0.717, 1.165) is 17.0 Å². The van der Waals surface area contributed by atoms with E-state index in [9.17, 15) is 4.79 Å². The fourth-order valence-corrected chi connectivity index (χ4v) is 3.10. The molecule has 0 unspecified atom stereocenters. The first-order valence-corrected chi connectivity index (χ1v) is 8.78. The van der Waals surface area contributed by atoms with Crippen LogP contribution in [0.2, 0.25) is 5.02 Å². The zero-order chi connectivity index (χ0) is 19.0. The van der Waals surface area contributed by atoms with Crippen LogP contribution in [0.25, 0.3) is 16.7 Å². The van der Waals surface area contributed by atoms with Crippen LogP contribution >= 0.6 is 11.6 Å². The highest BCUT2D eigenvalue weighted by molar-refractivity contribution is 6.30. The lowest BCUT2D eigenvalue weighted by atomic mass is 10.2. The molecule has 0 spiro atoms. The smallest absolute Gasteiger partial charge is 0.264 e. The van der Waals surface area contributed by atoms with Gasteiger partial charge in [-0.2, -0.15) is 5.10 Å². The Morgan fingerprint density at radius 2 is 1.78 bits per heavy atom. The number of aromatic nitrogens is 4. The molecule has 2 aromatic carbocycles. The van der Waals surface area contributed by atoms with Crippen molar-refractivity contribution < 1.29 is 4.74 Å². The molecule has 6 nitrogen and oxygen atoms in total. The van der Waals surface area contributed by atoms with Crippen molar-refractivity contribution in [2.24, 2.45) is 0 Å². The Morgan fingerprint density at radius 1 is 1.07 bits per heavy atom. The number of nitrogens with zero attached hydrogens (tertiary/aromatic N) is 4. The van der Waals surface area contributed by atoms with E-state index in [4.69, 9.17) is 16.3 Å². The van der Waals surface area contributed by atoms with E-state index in [-0.39, 0.29) is 5.56 Å². The average Bonchev–Trinajstić information content (AvgIpc) is 3.10. The Balaban J connectivity index is 1.77. The monoisotopic (exact) mass is 380 g/mol. The third kappa shape index (κ3) is 3.19. The molecule has 136 valence electrons. The first-order chi connectivity index (χ1) is 13.1. The Hall–Kier alpha value is -3.12. The van der Waals surface area contributed by atoms with Gasteiger partial charge >= 0.3 is 0 Å². The molecule has 0 saturated heterocycles. The summed E-state index contributed by atoms with van der Waals surface area (Å²) >= 11 is 5.95. The number of halogens is 1. The summed E-state index contributed by atoms with van der Waals surface area (Å²) in [7, 11) is 1.62. The van der Waals surface area contributed by atoms with E-state index in [1.54, 1.807) is 34.7 Å². The van der Waals surface area contributed by atoms with Gasteiger partial charge < -0.3 is 4.74 Å². The predicted octanol–water partition coefficient (Wildman–Crippen LogP) is 3.60. The summed E-state index contributed by atoms with van der Waals surface area (Å²) < 4.78 is 8.48. The highest BCUT2D eigenvalue weighted by Crippen LogP contribution is 2.18. The quantitative estimate of drug-likeness (QED) is 0.542. The first-order valence-electron chi connectivity index (χ1n) is 8.41. The van der Waals surface area contributed by atoms with Crippen molar-refractivity contribution in [1.82, 2.24) is 19.3 Å². The summed E-state index contributed by atoms with van der Waals surface area (Å²) in [5.41, 5.74) is 2.21. The lowest BCUT2D eigenvalue weighted by Gasteiger charge is -2.11. The van der Waals surface area contributed by atoms with Gasteiger partial charge in [0, 0.05) is 5.02 Å². The third-order valence-electron chi connectivity index (χ3n) is 4.45. The van der Waals surface area contributed by atoms with Gasteiger partial charge in [0.1, 0.15) is 17.0 Å². The molecule has 0 amide bonds. The maximum atomic E-state index is 13.0. The van der Waals surface area contributed by atoms with E-state index in [2.05, 4.69) is 10.1 Å². The maximum absolute atomic E-state index is 13.0. The number of fused-ring (bicyclic) bond motifs is 1. The topological polar surface area (TPSA) is 61.9 Å². The van der Waals surface area contributed by atoms with Crippen LogP contribution in [0.3, 0.4) is 0 Å². The number of ether oxygens (including phenoxy) is 1. The fourth-order valence-electron chi connectivity index (χ4n) is 2.98. The van der Waals surface area contributed by atoms with Crippen molar-refractivity contribution in [3.8, 4) is 11.4 Å². The van der Waals surface area contributed by atoms with Crippen molar-refractivity contribution in [1.29, 1.82) is 0 Å². The number of rotatable bonds is 4. The van der Waals surface area contributed by atoms with Crippen LogP contribution in [-0.2, 0) is 6.54 Å². The van der Waals surface area contributed by atoms with E-state index >= 15 is 0 Å². The molecule has 2 aromatic heterocycles. The summed E-state index contributed by atoms with van der Waals surface area (Å²) in [4.78, 5) is 17.6. The van der Waals surface area contributed by atoms with Gasteiger partial charge in [0.2, 0.25) is 0 Å². The summed E-state index contributed by atoms with van der Waals surface area (Å²) in [6.45, 7) is 2.26. The number of hydrogen-bond donors (Lipinski definition) is 0. The van der Waals surface area contributed by atoms with Crippen LogP contribution in [0.1, 0.15) is 11.4 Å². The normalized spacial score (nSPS) is 11.1. The van der Waals surface area contributed by atoms with Crippen molar-refractivity contribution >= 4 is 22.6 Å². The molecule has 0 aliphatic carbocycles. The SMILES string of the molecule is COc1ccc(Cn2c(C)nc3c(cnn3-c3ccc(Cl)cc3)c2=O)cc1. The molecule has 0 saturated carbocycles. The highest BCUT2D eigenvalue weighted by Gasteiger charge is 2.14. The number of hydrogen-bond acceptors (Lipinski definition) is 4. The van der Waals surface area contributed by atoms with E-state index in [1.165, 1.54) is 0 Å². The number of methoxy groups -OCH3 is 1. The Labute approximate surface area is 160 Å². The Morgan fingerprint density at radius 3 is 2.44 bits per heavy atom. The predicted molar refractivity (Wildman–Crippen MR) is 105 cm³/mol. The number of benzene rings is 2. The van der Waals surface area contributed by atoms with Gasteiger partial charge in [-0.05, 0) is 48.9 Å². The van der Waals surface area contributed by atoms with Gasteiger partial charge in [0.25, 0.3) is 5.56 Å². The first kappa shape index (κ1) is 17.3. The van der Waals surface area contributed by atoms with Gasteiger partial charge in [-0.1, -0.05) is 23.7 Å². The molecular formula is C20H17ClN4O2. The molecule has 4 rings (SSSR count). The molecule has 0 atom stereocenters. The molecule has 0 bridgehead atoms. The summed E-state index contributed by atoms with van der Waals surface area (Å²) in [6.07, 6.45) is 1.56. The molecule has 0 aliphatic heterocycles. The van der Waals surface area contributed by atoms with Crippen LogP contribution in [0.4, 0.5) is 0 Å². The minimum absolute atomic E-state index is 0.117. The van der Waals surface area contributed by atoms with Gasteiger partial charge in [-0.15, -0.1) is 0 Å². The largest absolute Gasteiger partial charge is 0.497 e. The Bertz CT molecular complexity index is 1160. The van der Waals surface area contributed by atoms with Crippen molar-refractivity contribution in [2.45, 2.75) is 13.5 Å². The minimum atomic E-state index is -0.117. The summed E-state index contributed by atoms with van der Waals surface area (Å²) in [5.74, 6) is 1.40. The molecule has 0 aliphatic rings. The van der Waals surface area contributed by atoms with Gasteiger partial charge in [0.05, 0.1) is 25.5 Å². The molecule has 2 heterocycles. The fraction of sp³-hybridized carbons (Fsp3) is 0.150. The van der Waals surface area contributed by atoms with E-state index in [1.807, 2.05) is 43.3 Å². The van der Waals surface area contributed by atoms with Gasteiger partial charge in [0.15, 0.2) is 5.65 Å². The molecule has 0 fully saturated rings. The minimum Gasteiger partial charge on any atom is -0.497 e. The summed E-state index contributed by atoms with van der Waals surface area (Å²) in [6, 6.07) is 14.9. The number of aryl methyl sites for hydroxylation is 1. The average molecular weight is 381 g/mol. The Kier molecular flexibility index (Phi) is 4.41. The van der Waals surface area contributed by atoms with Crippen molar-refractivity contribution in [3.05, 3.63) is 81.5 Å². The van der Waals surface area contributed by atoms with Crippen LogP contribution in [0, 0.1) is 6.92 Å². The molecule has 0 N–H and O–H groups in total. The molecule has 0 radical (unpaired) electrons. The second-order valence-corrected chi connectivity index (χ2v) is 6.60. The molecule has 4 aromatic rings. The second kappa shape index (κ2) is 6.89. The lowest BCUT2D eigenvalue weighted by Crippen LogP contribution is -2.24. The van der Waals surface area contributed by atoms with Crippen LogP contribution < -0.4 is 10.3 Å². The van der Waals surface area contributed by atoms with Crippen LogP contribution in [0.15, 0.2) is 59.5 Å². The maximum Gasteiger partial charge on any atom is 0.264 e. The van der Waals surface area contributed by atoms with Crippen LogP contribution in [-0.4, -0.2) is 26.4 Å². The zero-order valence-electron chi connectivity index (χ0n) is 14.9. The van der Waals surface area contributed by atoms with Crippen LogP contribution in [0.5, 0.6) is 5.75 Å². The second-order valence-electron chi connectivity index (χ2n) is 6.17. The van der Waals surface area contributed by atoms with E-state index < -0.39 is 0 Å². The van der Waals surface area contributed by atoms with Crippen molar-refractivity contribution in [2.75, 3.05) is 7.11 Å². The molecule has 27 heavy (non-hydrogen) atoms. The van der Waals surface area contributed by atoms with E-state index in [0.29, 0.717) is 28.4 Å². The lowest BCUT2D eigenvalue weighted by molar-refractivity contribution is 0.414. The molecular weight excluding hydrogens is 364 g/mol. The zero-order valence-corrected chi connectivity index (χ0v) is 15.6. The highest BCUT2D eigenvalue weighted by atomic mass is 35.5. The molecule has 7 heteroatoms. The van der Waals surface area contributed by atoms with Crippen molar-refractivity contribution in [3.63, 3.8) is 0 Å². The van der Waals surface area contributed by atoms with Gasteiger partial charge in [-0.25, -0.2) is 9.67 Å². The summed E-state index contributed by atoms with van der Waals surface area (Å²) in [5, 5.41) is 5.47.